The van der Waals surface area contributed by atoms with Crippen molar-refractivity contribution in [3.63, 3.8) is 0 Å². The molecule has 0 heterocycles. The monoisotopic (exact) mass is 277 g/mol. The quantitative estimate of drug-likeness (QED) is 0.830. The number of nitriles is 1. The molecule has 0 aromatic heterocycles. The van der Waals surface area contributed by atoms with Crippen LogP contribution in [0, 0.1) is 16.7 Å². The Kier molecular flexibility index (Phi) is 5.91. The van der Waals surface area contributed by atoms with Gasteiger partial charge in [-0.1, -0.05) is 30.3 Å². The van der Waals surface area contributed by atoms with E-state index in [0.717, 1.165) is 5.56 Å². The topological polar surface area (TPSA) is 61.1 Å². The van der Waals surface area contributed by atoms with E-state index >= 15 is 0 Å². The van der Waals surface area contributed by atoms with Crippen LogP contribution in [0.1, 0.15) is 25.8 Å². The lowest BCUT2D eigenvalue weighted by molar-refractivity contribution is -0.136. The van der Waals surface area contributed by atoms with Crippen molar-refractivity contribution in [3.8, 4) is 6.07 Å². The van der Waals surface area contributed by atoms with Crippen molar-refractivity contribution in [3.05, 3.63) is 35.9 Å². The first-order valence-electron chi connectivity index (χ1n) is 6.24. The van der Waals surface area contributed by atoms with Gasteiger partial charge in [-0.25, -0.2) is 0 Å². The van der Waals surface area contributed by atoms with Gasteiger partial charge in [-0.2, -0.15) is 5.26 Å². The van der Waals surface area contributed by atoms with Gasteiger partial charge in [0.1, 0.15) is 5.25 Å². The Labute approximate surface area is 118 Å². The highest BCUT2D eigenvalue weighted by Gasteiger charge is 2.21. The van der Waals surface area contributed by atoms with E-state index in [4.69, 9.17) is 5.26 Å². The van der Waals surface area contributed by atoms with Gasteiger partial charge >= 0.3 is 5.97 Å². The van der Waals surface area contributed by atoms with Crippen molar-refractivity contribution >= 4 is 17.7 Å². The van der Waals surface area contributed by atoms with E-state index in [9.17, 15) is 9.90 Å². The number of hydrogen-bond donors (Lipinski definition) is 1. The third kappa shape index (κ3) is 5.80. The number of benzene rings is 1. The van der Waals surface area contributed by atoms with Gasteiger partial charge in [-0.15, -0.1) is 11.8 Å². The molecule has 0 aliphatic rings. The second-order valence-corrected chi connectivity index (χ2v) is 6.44. The fourth-order valence-electron chi connectivity index (χ4n) is 1.56. The molecule has 1 rings (SSSR count). The highest BCUT2D eigenvalue weighted by molar-refractivity contribution is 8.00. The molecule has 1 atom stereocenters. The SMILES string of the molecule is CC(C)(C#N)CCSC(Cc1ccccc1)C(=O)O. The van der Waals surface area contributed by atoms with Crippen molar-refractivity contribution in [1.29, 1.82) is 5.26 Å². The third-order valence-electron chi connectivity index (χ3n) is 2.89. The summed E-state index contributed by atoms with van der Waals surface area (Å²) in [5.74, 6) is -0.103. The maximum atomic E-state index is 11.2. The number of carboxylic acid groups (broad SMARTS) is 1. The van der Waals surface area contributed by atoms with E-state index in [1.165, 1.54) is 11.8 Å². The van der Waals surface area contributed by atoms with E-state index in [1.54, 1.807) is 0 Å². The molecule has 0 radical (unpaired) electrons. The highest BCUT2D eigenvalue weighted by atomic mass is 32.2. The Morgan fingerprint density at radius 1 is 1.42 bits per heavy atom. The molecule has 102 valence electrons. The maximum absolute atomic E-state index is 11.2. The first-order chi connectivity index (χ1) is 8.94. The van der Waals surface area contributed by atoms with Gasteiger partial charge in [-0.05, 0) is 38.0 Å². The molecule has 0 amide bonds. The van der Waals surface area contributed by atoms with Crippen LogP contribution >= 0.6 is 11.8 Å². The van der Waals surface area contributed by atoms with Crippen LogP contribution in [-0.2, 0) is 11.2 Å². The van der Waals surface area contributed by atoms with E-state index < -0.39 is 11.2 Å². The van der Waals surface area contributed by atoms with Crippen LogP contribution in [0.25, 0.3) is 0 Å². The Hall–Kier alpha value is -1.47. The molecule has 4 heteroatoms. The normalized spacial score (nSPS) is 12.7. The Morgan fingerprint density at radius 3 is 2.58 bits per heavy atom. The molecule has 1 unspecified atom stereocenters. The van der Waals surface area contributed by atoms with Crippen LogP contribution in [0.15, 0.2) is 30.3 Å². The van der Waals surface area contributed by atoms with Crippen molar-refractivity contribution in [1.82, 2.24) is 0 Å². The summed E-state index contributed by atoms with van der Waals surface area (Å²) in [6.45, 7) is 3.75. The highest BCUT2D eigenvalue weighted by Crippen LogP contribution is 2.25. The summed E-state index contributed by atoms with van der Waals surface area (Å²) in [4.78, 5) is 11.2. The van der Waals surface area contributed by atoms with Gasteiger partial charge in [0.05, 0.1) is 11.5 Å². The fraction of sp³-hybridized carbons (Fsp3) is 0.467. The molecule has 0 aliphatic heterocycles. The molecule has 0 spiro atoms. The molecule has 0 fully saturated rings. The molecule has 3 nitrogen and oxygen atoms in total. The minimum atomic E-state index is -0.788. The van der Waals surface area contributed by atoms with Crippen molar-refractivity contribution in [2.75, 3.05) is 5.75 Å². The van der Waals surface area contributed by atoms with Gasteiger partial charge in [0, 0.05) is 0 Å². The van der Waals surface area contributed by atoms with Crippen LogP contribution < -0.4 is 0 Å². The second kappa shape index (κ2) is 7.20. The predicted octanol–water partition coefficient (Wildman–Crippen LogP) is 3.36. The molecule has 1 aromatic carbocycles. The molecular weight excluding hydrogens is 258 g/mol. The molecule has 0 saturated carbocycles. The van der Waals surface area contributed by atoms with Crippen LogP contribution in [0.2, 0.25) is 0 Å². The van der Waals surface area contributed by atoms with Gasteiger partial charge in [0.2, 0.25) is 0 Å². The fourth-order valence-corrected chi connectivity index (χ4v) is 2.92. The smallest absolute Gasteiger partial charge is 0.316 e. The van der Waals surface area contributed by atoms with Crippen molar-refractivity contribution < 1.29 is 9.90 Å². The molecule has 0 aliphatic carbocycles. The lowest BCUT2D eigenvalue weighted by Gasteiger charge is -2.17. The number of carbonyl (C=O) groups is 1. The Morgan fingerprint density at radius 2 is 2.05 bits per heavy atom. The van der Waals surface area contributed by atoms with Crippen LogP contribution in [0.4, 0.5) is 0 Å². The summed E-state index contributed by atoms with van der Waals surface area (Å²) in [5.41, 5.74) is 0.643. The third-order valence-corrected chi connectivity index (χ3v) is 4.10. The number of nitrogens with zero attached hydrogens (tertiary/aromatic N) is 1. The van der Waals surface area contributed by atoms with E-state index in [0.29, 0.717) is 18.6 Å². The Bertz CT molecular complexity index is 451. The zero-order chi connectivity index (χ0) is 14.3. The van der Waals surface area contributed by atoms with Gasteiger partial charge in [0.25, 0.3) is 0 Å². The summed E-state index contributed by atoms with van der Waals surface area (Å²) >= 11 is 1.42. The Balaban J connectivity index is 2.51. The molecule has 1 aromatic rings. The molecular formula is C15H19NO2S. The van der Waals surface area contributed by atoms with Gasteiger partial charge in [0.15, 0.2) is 0 Å². The minimum absolute atomic E-state index is 0.386. The average Bonchev–Trinajstić information content (AvgIpc) is 2.38. The van der Waals surface area contributed by atoms with Gasteiger partial charge in [-0.3, -0.25) is 4.79 Å². The molecule has 0 bridgehead atoms. The lowest BCUT2D eigenvalue weighted by atomic mass is 9.93. The number of rotatable bonds is 7. The number of thioether (sulfide) groups is 1. The van der Waals surface area contributed by atoms with E-state index in [-0.39, 0.29) is 5.41 Å². The maximum Gasteiger partial charge on any atom is 0.316 e. The summed E-state index contributed by atoms with van der Waals surface area (Å²) in [5, 5.41) is 17.7. The van der Waals surface area contributed by atoms with Crippen molar-refractivity contribution in [2.24, 2.45) is 5.41 Å². The minimum Gasteiger partial charge on any atom is -0.480 e. The summed E-state index contributed by atoms with van der Waals surface area (Å²) < 4.78 is 0. The number of carboxylic acids is 1. The van der Waals surface area contributed by atoms with Crippen LogP contribution in [0.3, 0.4) is 0 Å². The van der Waals surface area contributed by atoms with Gasteiger partial charge < -0.3 is 5.11 Å². The number of hydrogen-bond acceptors (Lipinski definition) is 3. The second-order valence-electron chi connectivity index (χ2n) is 5.13. The zero-order valence-corrected chi connectivity index (χ0v) is 12.1. The summed E-state index contributed by atoms with van der Waals surface area (Å²) in [6.07, 6.45) is 1.22. The van der Waals surface area contributed by atoms with E-state index in [2.05, 4.69) is 6.07 Å². The summed E-state index contributed by atoms with van der Waals surface area (Å²) in [7, 11) is 0. The molecule has 0 saturated heterocycles. The van der Waals surface area contributed by atoms with Crippen LogP contribution in [-0.4, -0.2) is 22.1 Å². The first kappa shape index (κ1) is 15.6. The summed E-state index contributed by atoms with van der Waals surface area (Å²) in [6, 6.07) is 11.9. The molecule has 19 heavy (non-hydrogen) atoms. The number of aliphatic carboxylic acids is 1. The lowest BCUT2D eigenvalue weighted by Crippen LogP contribution is -2.21. The zero-order valence-electron chi connectivity index (χ0n) is 11.3. The molecule has 1 N–H and O–H groups in total. The standard InChI is InChI=1S/C15H19NO2S/c1-15(2,11-16)8-9-19-13(14(17)18)10-12-6-4-3-5-7-12/h3-7,13H,8-10H2,1-2H3,(H,17,18). The van der Waals surface area contributed by atoms with Crippen LogP contribution in [0.5, 0.6) is 0 Å². The predicted molar refractivity (Wildman–Crippen MR) is 78.0 cm³/mol. The van der Waals surface area contributed by atoms with Crippen molar-refractivity contribution in [2.45, 2.75) is 31.9 Å². The average molecular weight is 277 g/mol. The van der Waals surface area contributed by atoms with E-state index in [1.807, 2.05) is 44.2 Å². The largest absolute Gasteiger partial charge is 0.480 e. The first-order valence-corrected chi connectivity index (χ1v) is 7.29.